The van der Waals surface area contributed by atoms with Crippen molar-refractivity contribution in [2.24, 2.45) is 0 Å². The van der Waals surface area contributed by atoms with E-state index in [1.54, 1.807) is 0 Å². The normalized spacial score (nSPS) is 9.70. The van der Waals surface area contributed by atoms with Crippen molar-refractivity contribution in [2.45, 2.75) is 6.92 Å². The molecule has 5 heteroatoms. The van der Waals surface area contributed by atoms with Gasteiger partial charge in [0.15, 0.2) is 0 Å². The first-order valence-corrected chi connectivity index (χ1v) is 2.60. The molecule has 0 bridgehead atoms. The van der Waals surface area contributed by atoms with Crippen molar-refractivity contribution in [1.29, 1.82) is 0 Å². The second kappa shape index (κ2) is 2.02. The third-order valence-electron chi connectivity index (χ3n) is 0.995. The van der Waals surface area contributed by atoms with Gasteiger partial charge in [0.25, 0.3) is 11.4 Å². The average Bonchev–Trinajstić information content (AvgIpc) is 1.82. The third-order valence-corrected chi connectivity index (χ3v) is 0.995. The molecule has 10 heavy (non-hydrogen) atoms. The van der Waals surface area contributed by atoms with Gasteiger partial charge in [-0.15, -0.1) is 0 Å². The van der Waals surface area contributed by atoms with Gasteiger partial charge in [-0.05, 0) is 6.92 Å². The number of aromatic hydroxyl groups is 2. The van der Waals surface area contributed by atoms with Crippen LogP contribution in [0.3, 0.4) is 0 Å². The summed E-state index contributed by atoms with van der Waals surface area (Å²) >= 11 is 0. The standard InChI is InChI=1S/C5H6N2O3/c1-2-6-4(9)3(8)5(10)7-2/h8H,1H3,(H2,6,7,9,10). The number of hydrogen-bond donors (Lipinski definition) is 3. The van der Waals surface area contributed by atoms with Crippen LogP contribution in [0.1, 0.15) is 5.82 Å². The van der Waals surface area contributed by atoms with Gasteiger partial charge in [0.1, 0.15) is 5.82 Å². The molecule has 0 radical (unpaired) electrons. The van der Waals surface area contributed by atoms with Crippen LogP contribution >= 0.6 is 0 Å². The molecule has 0 aliphatic rings. The fourth-order valence-corrected chi connectivity index (χ4v) is 0.565. The molecule has 5 nitrogen and oxygen atoms in total. The van der Waals surface area contributed by atoms with Gasteiger partial charge in [0.2, 0.25) is 5.75 Å². The van der Waals surface area contributed by atoms with Crippen molar-refractivity contribution in [3.63, 3.8) is 0 Å². The quantitative estimate of drug-likeness (QED) is 0.455. The topological polar surface area (TPSA) is 86.2 Å². The lowest BCUT2D eigenvalue weighted by molar-refractivity contribution is 0.380. The second-order valence-corrected chi connectivity index (χ2v) is 1.82. The maximum Gasteiger partial charge on any atom is 0.297 e. The Morgan fingerprint density at radius 1 is 1.50 bits per heavy atom. The average molecular weight is 142 g/mol. The van der Waals surface area contributed by atoms with Crippen molar-refractivity contribution in [1.82, 2.24) is 9.97 Å². The van der Waals surface area contributed by atoms with Crippen molar-refractivity contribution in [2.75, 3.05) is 0 Å². The summed E-state index contributed by atoms with van der Waals surface area (Å²) in [5, 5.41) is 17.4. The van der Waals surface area contributed by atoms with Crippen LogP contribution in [0, 0.1) is 6.92 Å². The molecule has 0 aromatic carbocycles. The van der Waals surface area contributed by atoms with E-state index in [1.807, 2.05) is 0 Å². The Bertz CT molecular complexity index is 304. The highest BCUT2D eigenvalue weighted by Gasteiger charge is 2.04. The van der Waals surface area contributed by atoms with E-state index in [9.17, 15) is 4.79 Å². The Labute approximate surface area is 56.0 Å². The van der Waals surface area contributed by atoms with Gasteiger partial charge >= 0.3 is 0 Å². The van der Waals surface area contributed by atoms with Crippen LogP contribution in [0.2, 0.25) is 0 Å². The Kier molecular flexibility index (Phi) is 1.33. The smallest absolute Gasteiger partial charge is 0.297 e. The summed E-state index contributed by atoms with van der Waals surface area (Å²) in [6, 6.07) is 0. The van der Waals surface area contributed by atoms with Gasteiger partial charge in [-0.3, -0.25) is 4.79 Å². The number of nitrogens with zero attached hydrogens (tertiary/aromatic N) is 1. The number of H-pyrrole nitrogens is 1. The van der Waals surface area contributed by atoms with Crippen LogP contribution in [-0.2, 0) is 0 Å². The predicted octanol–water partition coefficient (Wildman–Crippen LogP) is -0.510. The van der Waals surface area contributed by atoms with Crippen molar-refractivity contribution >= 4 is 0 Å². The van der Waals surface area contributed by atoms with Crippen molar-refractivity contribution in [3.05, 3.63) is 16.2 Å². The van der Waals surface area contributed by atoms with Crippen LogP contribution in [0.5, 0.6) is 11.6 Å². The van der Waals surface area contributed by atoms with Crippen molar-refractivity contribution < 1.29 is 10.2 Å². The van der Waals surface area contributed by atoms with E-state index in [0.29, 0.717) is 0 Å². The Balaban J connectivity index is 3.46. The number of nitrogens with one attached hydrogen (secondary N) is 1. The zero-order chi connectivity index (χ0) is 7.72. The maximum absolute atomic E-state index is 10.6. The van der Waals surface area contributed by atoms with E-state index in [1.165, 1.54) is 6.92 Å². The lowest BCUT2D eigenvalue weighted by atomic mass is 10.5. The first-order valence-electron chi connectivity index (χ1n) is 2.60. The van der Waals surface area contributed by atoms with E-state index >= 15 is 0 Å². The number of aromatic amines is 1. The van der Waals surface area contributed by atoms with E-state index < -0.39 is 17.2 Å². The molecule has 54 valence electrons. The minimum absolute atomic E-state index is 0.264. The van der Waals surface area contributed by atoms with Gasteiger partial charge in [-0.2, -0.15) is 4.98 Å². The van der Waals surface area contributed by atoms with Gasteiger partial charge in [-0.1, -0.05) is 0 Å². The highest BCUT2D eigenvalue weighted by atomic mass is 16.3. The first kappa shape index (κ1) is 6.60. The molecule has 0 spiro atoms. The van der Waals surface area contributed by atoms with Crippen LogP contribution in [0.25, 0.3) is 0 Å². The van der Waals surface area contributed by atoms with Gasteiger partial charge in [0, 0.05) is 0 Å². The highest BCUT2D eigenvalue weighted by molar-refractivity contribution is 5.27. The van der Waals surface area contributed by atoms with Gasteiger partial charge in [-0.25, -0.2) is 0 Å². The summed E-state index contributed by atoms with van der Waals surface area (Å²) in [7, 11) is 0. The molecule has 0 amide bonds. The molecule has 0 saturated heterocycles. The molecule has 0 saturated carbocycles. The summed E-state index contributed by atoms with van der Waals surface area (Å²) in [5.74, 6) is -1.12. The molecule has 1 aromatic rings. The molecule has 0 atom stereocenters. The van der Waals surface area contributed by atoms with Gasteiger partial charge in [0.05, 0.1) is 0 Å². The third kappa shape index (κ3) is 0.928. The largest absolute Gasteiger partial charge is 0.499 e. The van der Waals surface area contributed by atoms with E-state index in [2.05, 4.69) is 9.97 Å². The number of rotatable bonds is 0. The van der Waals surface area contributed by atoms with Crippen LogP contribution in [0.15, 0.2) is 4.79 Å². The number of hydrogen-bond acceptors (Lipinski definition) is 4. The molecule has 1 heterocycles. The Morgan fingerprint density at radius 2 is 2.10 bits per heavy atom. The second-order valence-electron chi connectivity index (χ2n) is 1.82. The maximum atomic E-state index is 10.6. The van der Waals surface area contributed by atoms with Gasteiger partial charge < -0.3 is 15.2 Å². The van der Waals surface area contributed by atoms with E-state index in [4.69, 9.17) is 10.2 Å². The lowest BCUT2D eigenvalue weighted by Gasteiger charge is -1.94. The van der Waals surface area contributed by atoms with E-state index in [-0.39, 0.29) is 5.82 Å². The zero-order valence-electron chi connectivity index (χ0n) is 5.25. The SMILES string of the molecule is Cc1nc(O)c(O)c(=O)[nH]1. The fourth-order valence-electron chi connectivity index (χ4n) is 0.565. The predicted molar refractivity (Wildman–Crippen MR) is 32.9 cm³/mol. The molecule has 0 aliphatic heterocycles. The minimum Gasteiger partial charge on any atom is -0.499 e. The Morgan fingerprint density at radius 3 is 2.60 bits per heavy atom. The van der Waals surface area contributed by atoms with E-state index in [0.717, 1.165) is 0 Å². The molecular weight excluding hydrogens is 136 g/mol. The number of aryl methyl sites for hydroxylation is 1. The molecular formula is C5H6N2O3. The summed E-state index contributed by atoms with van der Waals surface area (Å²) in [6.45, 7) is 1.50. The monoisotopic (exact) mass is 142 g/mol. The molecule has 1 aromatic heterocycles. The minimum atomic E-state index is -0.745. The van der Waals surface area contributed by atoms with Crippen molar-refractivity contribution in [3.8, 4) is 11.6 Å². The summed E-state index contributed by atoms with van der Waals surface area (Å²) in [6.07, 6.45) is 0. The fraction of sp³-hybridized carbons (Fsp3) is 0.200. The zero-order valence-corrected chi connectivity index (χ0v) is 5.25. The molecule has 0 fully saturated rings. The number of aromatic nitrogens is 2. The van der Waals surface area contributed by atoms with Crippen LogP contribution < -0.4 is 5.56 Å². The lowest BCUT2D eigenvalue weighted by Crippen LogP contribution is -2.07. The first-order chi connectivity index (χ1) is 4.61. The summed E-state index contributed by atoms with van der Waals surface area (Å²) in [5.41, 5.74) is -0.731. The summed E-state index contributed by atoms with van der Waals surface area (Å²) < 4.78 is 0. The molecule has 3 N–H and O–H groups in total. The Hall–Kier alpha value is -1.52. The molecule has 1 rings (SSSR count). The highest BCUT2D eigenvalue weighted by Crippen LogP contribution is 2.13. The molecule has 0 aliphatic carbocycles. The van der Waals surface area contributed by atoms with Crippen LogP contribution in [0.4, 0.5) is 0 Å². The summed E-state index contributed by atoms with van der Waals surface area (Å²) in [4.78, 5) is 16.1. The molecule has 0 unspecified atom stereocenters. The van der Waals surface area contributed by atoms with Crippen LogP contribution in [-0.4, -0.2) is 20.2 Å².